The molecular weight excluding hydrogens is 421 g/mol. The number of aromatic nitrogens is 4. The van der Waals surface area contributed by atoms with Gasteiger partial charge in [0, 0.05) is 26.2 Å². The lowest BCUT2D eigenvalue weighted by molar-refractivity contribution is -0.137. The van der Waals surface area contributed by atoms with Gasteiger partial charge in [-0.05, 0) is 52.7 Å². The van der Waals surface area contributed by atoms with E-state index in [1.807, 2.05) is 36.1 Å². The van der Waals surface area contributed by atoms with Crippen molar-refractivity contribution < 1.29 is 18.0 Å². The molecule has 1 aromatic heterocycles. The summed E-state index contributed by atoms with van der Waals surface area (Å²) in [5.74, 6) is 0.637. The summed E-state index contributed by atoms with van der Waals surface area (Å²) in [6.45, 7) is 4.98. The zero-order valence-electron chi connectivity index (χ0n) is 17.6. The van der Waals surface area contributed by atoms with E-state index in [9.17, 15) is 18.0 Å². The molecule has 0 saturated carbocycles. The van der Waals surface area contributed by atoms with Gasteiger partial charge in [0.1, 0.15) is 0 Å². The minimum Gasteiger partial charge on any atom is -0.340 e. The molecule has 168 valence electrons. The number of rotatable bonds is 5. The third-order valence-corrected chi connectivity index (χ3v) is 5.67. The number of piperazine rings is 1. The smallest absolute Gasteiger partial charge is 0.340 e. The third kappa shape index (κ3) is 4.96. The first-order chi connectivity index (χ1) is 15.3. The maximum absolute atomic E-state index is 12.8. The number of aryl methyl sites for hydroxylation is 1. The van der Waals surface area contributed by atoms with Crippen molar-refractivity contribution in [2.24, 2.45) is 0 Å². The zero-order valence-corrected chi connectivity index (χ0v) is 17.6. The van der Waals surface area contributed by atoms with Crippen molar-refractivity contribution in [2.75, 3.05) is 26.2 Å². The molecule has 3 aromatic rings. The number of carbonyl (C=O) groups is 1. The predicted octanol–water partition coefficient (Wildman–Crippen LogP) is 2.88. The number of hydrogen-bond donors (Lipinski definition) is 0. The fourth-order valence-corrected chi connectivity index (χ4v) is 3.74. The van der Waals surface area contributed by atoms with Gasteiger partial charge in [-0.15, -0.1) is 5.10 Å². The van der Waals surface area contributed by atoms with E-state index in [0.717, 1.165) is 23.3 Å². The van der Waals surface area contributed by atoms with Crippen LogP contribution in [0.5, 0.6) is 0 Å². The van der Waals surface area contributed by atoms with Gasteiger partial charge in [0.2, 0.25) is 5.91 Å². The van der Waals surface area contributed by atoms with Gasteiger partial charge in [0.25, 0.3) is 0 Å². The topological polar surface area (TPSA) is 67.2 Å². The standard InChI is InChI=1S/C22H23F3N6O/c1-16-4-2-3-5-17(16)14-21(32)30-12-10-29(11-13-30)15-20-26-27-28-31(20)19-8-6-18(7-9-19)22(23,24)25/h2-9H,10-15H2,1H3. The summed E-state index contributed by atoms with van der Waals surface area (Å²) in [5, 5.41) is 11.6. The number of alkyl halides is 3. The van der Waals surface area contributed by atoms with Crippen LogP contribution in [0.2, 0.25) is 0 Å². The lowest BCUT2D eigenvalue weighted by Gasteiger charge is -2.34. The van der Waals surface area contributed by atoms with Gasteiger partial charge in [-0.1, -0.05) is 24.3 Å². The van der Waals surface area contributed by atoms with Crippen LogP contribution in [0.1, 0.15) is 22.5 Å². The summed E-state index contributed by atoms with van der Waals surface area (Å²) in [7, 11) is 0. The van der Waals surface area contributed by atoms with Crippen LogP contribution in [0.15, 0.2) is 48.5 Å². The minimum atomic E-state index is -4.39. The Morgan fingerprint density at radius 2 is 1.69 bits per heavy atom. The van der Waals surface area contributed by atoms with E-state index < -0.39 is 11.7 Å². The fraction of sp³-hybridized carbons (Fsp3) is 0.364. The highest BCUT2D eigenvalue weighted by atomic mass is 19.4. The van der Waals surface area contributed by atoms with E-state index in [0.29, 0.717) is 50.7 Å². The van der Waals surface area contributed by atoms with Crippen molar-refractivity contribution in [3.8, 4) is 5.69 Å². The van der Waals surface area contributed by atoms with Crippen molar-refractivity contribution >= 4 is 5.91 Å². The Labute approximate surface area is 183 Å². The van der Waals surface area contributed by atoms with Crippen molar-refractivity contribution in [1.29, 1.82) is 0 Å². The molecule has 32 heavy (non-hydrogen) atoms. The number of amides is 1. The number of hydrogen-bond acceptors (Lipinski definition) is 5. The monoisotopic (exact) mass is 444 g/mol. The highest BCUT2D eigenvalue weighted by Gasteiger charge is 2.30. The predicted molar refractivity (Wildman–Crippen MR) is 111 cm³/mol. The van der Waals surface area contributed by atoms with E-state index in [1.54, 1.807) is 0 Å². The Bertz CT molecular complexity index is 1070. The van der Waals surface area contributed by atoms with Gasteiger partial charge in [-0.2, -0.15) is 17.9 Å². The molecule has 1 fully saturated rings. The zero-order chi connectivity index (χ0) is 22.7. The molecule has 2 heterocycles. The molecular formula is C22H23F3N6O. The molecule has 0 bridgehead atoms. The molecule has 1 aliphatic heterocycles. The second-order valence-corrected chi connectivity index (χ2v) is 7.81. The highest BCUT2D eigenvalue weighted by molar-refractivity contribution is 5.79. The van der Waals surface area contributed by atoms with Gasteiger partial charge in [-0.3, -0.25) is 9.69 Å². The summed E-state index contributed by atoms with van der Waals surface area (Å²) in [6.07, 6.45) is -4.00. The Hall–Kier alpha value is -3.27. The normalized spacial score (nSPS) is 15.2. The second-order valence-electron chi connectivity index (χ2n) is 7.81. The molecule has 1 saturated heterocycles. The molecule has 2 aromatic carbocycles. The van der Waals surface area contributed by atoms with Gasteiger partial charge in [0.05, 0.1) is 24.2 Å². The summed E-state index contributed by atoms with van der Waals surface area (Å²) >= 11 is 0. The largest absolute Gasteiger partial charge is 0.416 e. The van der Waals surface area contributed by atoms with E-state index in [2.05, 4.69) is 20.4 Å². The lowest BCUT2D eigenvalue weighted by Crippen LogP contribution is -2.49. The maximum atomic E-state index is 12.8. The number of nitrogens with zero attached hydrogens (tertiary/aromatic N) is 6. The van der Waals surface area contributed by atoms with Crippen LogP contribution in [0.3, 0.4) is 0 Å². The van der Waals surface area contributed by atoms with Gasteiger partial charge in [-0.25, -0.2) is 0 Å². The fourth-order valence-electron chi connectivity index (χ4n) is 3.74. The van der Waals surface area contributed by atoms with Crippen LogP contribution in [-0.4, -0.2) is 62.1 Å². The van der Waals surface area contributed by atoms with Crippen molar-refractivity contribution in [1.82, 2.24) is 30.0 Å². The van der Waals surface area contributed by atoms with E-state index in [1.165, 1.54) is 16.8 Å². The molecule has 10 heteroatoms. The Balaban J connectivity index is 1.35. The molecule has 1 amide bonds. The summed E-state index contributed by atoms with van der Waals surface area (Å²) in [4.78, 5) is 16.7. The number of carbonyl (C=O) groups excluding carboxylic acids is 1. The van der Waals surface area contributed by atoms with Crippen molar-refractivity contribution in [2.45, 2.75) is 26.1 Å². The highest BCUT2D eigenvalue weighted by Crippen LogP contribution is 2.29. The van der Waals surface area contributed by atoms with Crippen LogP contribution in [0.25, 0.3) is 5.69 Å². The lowest BCUT2D eigenvalue weighted by atomic mass is 10.1. The van der Waals surface area contributed by atoms with Gasteiger partial charge in [0.15, 0.2) is 5.82 Å². The van der Waals surface area contributed by atoms with Crippen LogP contribution in [-0.2, 0) is 23.9 Å². The second kappa shape index (κ2) is 9.07. The van der Waals surface area contributed by atoms with Crippen LogP contribution >= 0.6 is 0 Å². The summed E-state index contributed by atoms with van der Waals surface area (Å²) in [5.41, 5.74) is 1.89. The number of benzene rings is 2. The Morgan fingerprint density at radius 1 is 1.00 bits per heavy atom. The number of halogens is 3. The molecule has 0 radical (unpaired) electrons. The molecule has 0 aliphatic carbocycles. The third-order valence-electron chi connectivity index (χ3n) is 5.67. The van der Waals surface area contributed by atoms with E-state index in [-0.39, 0.29) is 5.91 Å². The Kier molecular flexibility index (Phi) is 6.22. The maximum Gasteiger partial charge on any atom is 0.416 e. The molecule has 0 atom stereocenters. The van der Waals surface area contributed by atoms with Gasteiger partial charge < -0.3 is 4.90 Å². The number of tetrazole rings is 1. The molecule has 0 N–H and O–H groups in total. The average molecular weight is 444 g/mol. The van der Waals surface area contributed by atoms with Crippen LogP contribution < -0.4 is 0 Å². The van der Waals surface area contributed by atoms with Crippen molar-refractivity contribution in [3.05, 3.63) is 71.0 Å². The Morgan fingerprint density at radius 3 is 2.34 bits per heavy atom. The first-order valence-corrected chi connectivity index (χ1v) is 10.3. The molecule has 4 rings (SSSR count). The molecule has 0 spiro atoms. The quantitative estimate of drug-likeness (QED) is 0.606. The van der Waals surface area contributed by atoms with Gasteiger partial charge >= 0.3 is 6.18 Å². The first kappa shape index (κ1) is 21.9. The summed E-state index contributed by atoms with van der Waals surface area (Å²) < 4.78 is 39.8. The SMILES string of the molecule is Cc1ccccc1CC(=O)N1CCN(Cc2nnnn2-c2ccc(C(F)(F)F)cc2)CC1. The first-order valence-electron chi connectivity index (χ1n) is 10.3. The summed E-state index contributed by atoms with van der Waals surface area (Å²) in [6, 6.07) is 12.6. The van der Waals surface area contributed by atoms with Crippen molar-refractivity contribution in [3.63, 3.8) is 0 Å². The molecule has 7 nitrogen and oxygen atoms in total. The molecule has 1 aliphatic rings. The van der Waals surface area contributed by atoms with E-state index >= 15 is 0 Å². The molecule has 0 unspecified atom stereocenters. The van der Waals surface area contributed by atoms with Crippen LogP contribution in [0.4, 0.5) is 13.2 Å². The van der Waals surface area contributed by atoms with Crippen LogP contribution in [0, 0.1) is 6.92 Å². The minimum absolute atomic E-state index is 0.105. The average Bonchev–Trinajstić information content (AvgIpc) is 3.23. The van der Waals surface area contributed by atoms with E-state index in [4.69, 9.17) is 0 Å².